The highest BCUT2D eigenvalue weighted by Gasteiger charge is 2.19. The van der Waals surface area contributed by atoms with Crippen LogP contribution in [0.3, 0.4) is 0 Å². The minimum Gasteiger partial charge on any atom is -0.314 e. The van der Waals surface area contributed by atoms with Crippen LogP contribution >= 0.6 is 0 Å². The van der Waals surface area contributed by atoms with E-state index in [0.717, 1.165) is 30.4 Å². The van der Waals surface area contributed by atoms with Crippen LogP contribution in [0.5, 0.6) is 0 Å². The minimum absolute atomic E-state index is 0.792. The largest absolute Gasteiger partial charge is 0.314 e. The van der Waals surface area contributed by atoms with E-state index in [1.165, 1.54) is 18.4 Å². The monoisotopic (exact) mass is 191 g/mol. The van der Waals surface area contributed by atoms with Gasteiger partial charge in [-0.3, -0.25) is 0 Å². The molecule has 0 unspecified atom stereocenters. The van der Waals surface area contributed by atoms with Crippen LogP contribution in [-0.2, 0) is 6.42 Å². The van der Waals surface area contributed by atoms with Crippen LogP contribution in [0.25, 0.3) is 0 Å². The van der Waals surface area contributed by atoms with Gasteiger partial charge in [0.05, 0.1) is 0 Å². The van der Waals surface area contributed by atoms with Crippen LogP contribution in [0.2, 0.25) is 0 Å². The van der Waals surface area contributed by atoms with E-state index in [1.807, 2.05) is 0 Å². The number of hydrogen-bond donors (Lipinski definition) is 1. The van der Waals surface area contributed by atoms with Gasteiger partial charge in [0.1, 0.15) is 6.33 Å². The summed E-state index contributed by atoms with van der Waals surface area (Å²) in [4.78, 5) is 8.43. The molecule has 1 fully saturated rings. The van der Waals surface area contributed by atoms with Crippen LogP contribution in [0.1, 0.15) is 29.8 Å². The molecule has 1 aliphatic carbocycles. The number of nitrogens with one attached hydrogen (secondary N) is 1. The number of aromatic nitrogens is 2. The zero-order valence-corrected chi connectivity index (χ0v) is 8.88. The second kappa shape index (κ2) is 4.05. The maximum atomic E-state index is 4.21. The second-order valence-corrected chi connectivity index (χ2v) is 4.00. The highest BCUT2D eigenvalue weighted by molar-refractivity contribution is 5.22. The summed E-state index contributed by atoms with van der Waals surface area (Å²) in [6.07, 6.45) is 5.39. The lowest BCUT2D eigenvalue weighted by Gasteiger charge is -2.07. The fourth-order valence-electron chi connectivity index (χ4n) is 1.67. The molecular weight excluding hydrogens is 174 g/mol. The molecule has 0 bridgehead atoms. The van der Waals surface area contributed by atoms with Crippen molar-refractivity contribution in [3.05, 3.63) is 23.3 Å². The molecule has 3 nitrogen and oxygen atoms in total. The van der Waals surface area contributed by atoms with Gasteiger partial charge >= 0.3 is 0 Å². The van der Waals surface area contributed by atoms with Gasteiger partial charge < -0.3 is 5.32 Å². The van der Waals surface area contributed by atoms with Gasteiger partial charge in [0, 0.05) is 17.4 Å². The molecule has 2 rings (SSSR count). The van der Waals surface area contributed by atoms with Gasteiger partial charge in [0.25, 0.3) is 0 Å². The Labute approximate surface area is 85.0 Å². The molecule has 76 valence electrons. The molecule has 0 amide bonds. The van der Waals surface area contributed by atoms with Crippen molar-refractivity contribution in [2.24, 2.45) is 0 Å². The topological polar surface area (TPSA) is 37.8 Å². The van der Waals surface area contributed by atoms with Gasteiger partial charge in [-0.15, -0.1) is 0 Å². The molecule has 1 heterocycles. The lowest BCUT2D eigenvalue weighted by Crippen LogP contribution is -2.20. The van der Waals surface area contributed by atoms with Crippen molar-refractivity contribution in [3.63, 3.8) is 0 Å². The van der Waals surface area contributed by atoms with E-state index in [2.05, 4.69) is 29.1 Å². The first kappa shape index (κ1) is 9.59. The molecule has 0 saturated heterocycles. The van der Waals surface area contributed by atoms with E-state index >= 15 is 0 Å². The standard InChI is InChI=1S/C11H17N3/c1-8-11(9(2)14-7-13-8)5-6-12-10-3-4-10/h7,10,12H,3-6H2,1-2H3. The summed E-state index contributed by atoms with van der Waals surface area (Å²) < 4.78 is 0. The van der Waals surface area contributed by atoms with Gasteiger partial charge in [-0.1, -0.05) is 0 Å². The van der Waals surface area contributed by atoms with E-state index in [9.17, 15) is 0 Å². The summed E-state index contributed by atoms with van der Waals surface area (Å²) in [7, 11) is 0. The first-order chi connectivity index (χ1) is 6.77. The van der Waals surface area contributed by atoms with Crippen molar-refractivity contribution in [1.82, 2.24) is 15.3 Å². The lowest BCUT2D eigenvalue weighted by atomic mass is 10.1. The molecule has 1 aromatic heterocycles. The molecule has 0 radical (unpaired) electrons. The van der Waals surface area contributed by atoms with Crippen LogP contribution in [0, 0.1) is 13.8 Å². The minimum atomic E-state index is 0.792. The molecule has 14 heavy (non-hydrogen) atoms. The van der Waals surface area contributed by atoms with Crippen LogP contribution in [0.4, 0.5) is 0 Å². The summed E-state index contributed by atoms with van der Waals surface area (Å²) in [5, 5.41) is 3.50. The third kappa shape index (κ3) is 2.29. The maximum absolute atomic E-state index is 4.21. The first-order valence-electron chi connectivity index (χ1n) is 5.28. The Balaban J connectivity index is 1.92. The van der Waals surface area contributed by atoms with Gasteiger partial charge in [0.2, 0.25) is 0 Å². The summed E-state index contributed by atoms with van der Waals surface area (Å²) >= 11 is 0. The molecule has 1 aromatic rings. The Bertz CT molecular complexity index is 298. The number of hydrogen-bond acceptors (Lipinski definition) is 3. The molecule has 1 N–H and O–H groups in total. The number of rotatable bonds is 4. The Hall–Kier alpha value is -0.960. The number of aryl methyl sites for hydroxylation is 2. The quantitative estimate of drug-likeness (QED) is 0.781. The average Bonchev–Trinajstić information content (AvgIpc) is 2.94. The zero-order valence-electron chi connectivity index (χ0n) is 8.88. The zero-order chi connectivity index (χ0) is 9.97. The van der Waals surface area contributed by atoms with Crippen molar-refractivity contribution in [2.75, 3.05) is 6.54 Å². The number of nitrogens with zero attached hydrogens (tertiary/aromatic N) is 2. The smallest absolute Gasteiger partial charge is 0.115 e. The summed E-state index contributed by atoms with van der Waals surface area (Å²) in [6, 6.07) is 0.792. The molecular formula is C11H17N3. The molecule has 0 atom stereocenters. The lowest BCUT2D eigenvalue weighted by molar-refractivity contribution is 0.675. The van der Waals surface area contributed by atoms with Gasteiger partial charge in [-0.05, 0) is 45.2 Å². The molecule has 3 heteroatoms. The normalized spacial score (nSPS) is 15.9. The fraction of sp³-hybridized carbons (Fsp3) is 0.636. The van der Waals surface area contributed by atoms with E-state index in [1.54, 1.807) is 6.33 Å². The Kier molecular flexibility index (Phi) is 2.77. The third-order valence-corrected chi connectivity index (χ3v) is 2.76. The van der Waals surface area contributed by atoms with Crippen molar-refractivity contribution in [3.8, 4) is 0 Å². The predicted octanol–water partition coefficient (Wildman–Crippen LogP) is 1.39. The summed E-state index contributed by atoms with van der Waals surface area (Å²) in [6.45, 7) is 5.17. The van der Waals surface area contributed by atoms with E-state index < -0.39 is 0 Å². The van der Waals surface area contributed by atoms with Crippen molar-refractivity contribution in [2.45, 2.75) is 39.2 Å². The highest BCUT2D eigenvalue weighted by Crippen LogP contribution is 2.18. The molecule has 0 aliphatic heterocycles. The van der Waals surface area contributed by atoms with Crippen molar-refractivity contribution >= 4 is 0 Å². The second-order valence-electron chi connectivity index (χ2n) is 4.00. The van der Waals surface area contributed by atoms with Gasteiger partial charge in [-0.25, -0.2) is 9.97 Å². The third-order valence-electron chi connectivity index (χ3n) is 2.76. The average molecular weight is 191 g/mol. The van der Waals surface area contributed by atoms with E-state index in [4.69, 9.17) is 0 Å². The van der Waals surface area contributed by atoms with Gasteiger partial charge in [0.15, 0.2) is 0 Å². The SMILES string of the molecule is Cc1ncnc(C)c1CCNC1CC1. The van der Waals surface area contributed by atoms with E-state index in [-0.39, 0.29) is 0 Å². The van der Waals surface area contributed by atoms with Crippen molar-refractivity contribution in [1.29, 1.82) is 0 Å². The highest BCUT2D eigenvalue weighted by atomic mass is 14.9. The summed E-state index contributed by atoms with van der Waals surface area (Å²) in [5.41, 5.74) is 3.55. The predicted molar refractivity (Wildman–Crippen MR) is 56.2 cm³/mol. The van der Waals surface area contributed by atoms with Crippen LogP contribution < -0.4 is 5.32 Å². The Morgan fingerprint density at radius 1 is 1.29 bits per heavy atom. The molecule has 0 spiro atoms. The van der Waals surface area contributed by atoms with E-state index in [0.29, 0.717) is 0 Å². The van der Waals surface area contributed by atoms with Gasteiger partial charge in [-0.2, -0.15) is 0 Å². The van der Waals surface area contributed by atoms with Crippen LogP contribution in [0.15, 0.2) is 6.33 Å². The summed E-state index contributed by atoms with van der Waals surface area (Å²) in [5.74, 6) is 0. The molecule has 1 saturated carbocycles. The molecule has 1 aliphatic rings. The first-order valence-corrected chi connectivity index (χ1v) is 5.28. The van der Waals surface area contributed by atoms with Crippen molar-refractivity contribution < 1.29 is 0 Å². The van der Waals surface area contributed by atoms with Crippen LogP contribution in [-0.4, -0.2) is 22.6 Å². The Morgan fingerprint density at radius 3 is 2.50 bits per heavy atom. The maximum Gasteiger partial charge on any atom is 0.115 e. The molecule has 0 aromatic carbocycles. The Morgan fingerprint density at radius 2 is 1.93 bits per heavy atom. The fourth-order valence-corrected chi connectivity index (χ4v) is 1.67.